The Morgan fingerprint density at radius 1 is 1.21 bits per heavy atom. The van der Waals surface area contributed by atoms with E-state index in [0.29, 0.717) is 54.0 Å². The number of hydrogen-bond donors (Lipinski definition) is 1. The van der Waals surface area contributed by atoms with Crippen LogP contribution in [-0.4, -0.2) is 42.0 Å². The van der Waals surface area contributed by atoms with Crippen molar-refractivity contribution in [2.24, 2.45) is 0 Å². The highest BCUT2D eigenvalue weighted by Gasteiger charge is 2.18. The molecule has 2 aromatic carbocycles. The van der Waals surface area contributed by atoms with Gasteiger partial charge in [-0.25, -0.2) is 9.07 Å². The van der Waals surface area contributed by atoms with Crippen molar-refractivity contribution in [1.29, 1.82) is 0 Å². The van der Waals surface area contributed by atoms with Gasteiger partial charge in [-0.1, -0.05) is 17.7 Å². The van der Waals surface area contributed by atoms with Gasteiger partial charge in [-0.15, -0.1) is 0 Å². The van der Waals surface area contributed by atoms with Gasteiger partial charge >= 0.3 is 0 Å². The maximum atomic E-state index is 14.6. The van der Waals surface area contributed by atoms with Gasteiger partial charge < -0.3 is 15.0 Å². The van der Waals surface area contributed by atoms with E-state index in [2.05, 4.69) is 10.4 Å². The molecule has 2 heterocycles. The smallest absolute Gasteiger partial charge is 0.259 e. The van der Waals surface area contributed by atoms with Crippen LogP contribution in [0.1, 0.15) is 16.1 Å². The minimum atomic E-state index is -0.379. The van der Waals surface area contributed by atoms with Crippen LogP contribution in [0, 0.1) is 12.7 Å². The molecule has 29 heavy (non-hydrogen) atoms. The molecular formula is C21H20ClFN4O2. The average molecular weight is 415 g/mol. The Balaban J connectivity index is 1.52. The number of rotatable bonds is 4. The Kier molecular flexibility index (Phi) is 5.51. The average Bonchev–Trinajstić information content (AvgIpc) is 3.10. The van der Waals surface area contributed by atoms with Crippen molar-refractivity contribution in [2.45, 2.75) is 6.92 Å². The van der Waals surface area contributed by atoms with E-state index < -0.39 is 0 Å². The first-order valence-corrected chi connectivity index (χ1v) is 9.65. The topological polar surface area (TPSA) is 59.4 Å². The number of halogens is 2. The molecule has 1 amide bonds. The molecule has 0 radical (unpaired) electrons. The maximum Gasteiger partial charge on any atom is 0.259 e. The molecule has 1 saturated heterocycles. The summed E-state index contributed by atoms with van der Waals surface area (Å²) in [6, 6.07) is 11.9. The van der Waals surface area contributed by atoms with Crippen molar-refractivity contribution in [1.82, 2.24) is 9.78 Å². The molecule has 0 saturated carbocycles. The highest BCUT2D eigenvalue weighted by molar-refractivity contribution is 6.30. The van der Waals surface area contributed by atoms with Crippen LogP contribution in [0.2, 0.25) is 5.02 Å². The van der Waals surface area contributed by atoms with Crippen molar-refractivity contribution < 1.29 is 13.9 Å². The fraction of sp³-hybridized carbons (Fsp3) is 0.238. The number of carbonyl (C=O) groups is 1. The lowest BCUT2D eigenvalue weighted by Gasteiger charge is -2.29. The lowest BCUT2D eigenvalue weighted by Crippen LogP contribution is -2.36. The summed E-state index contributed by atoms with van der Waals surface area (Å²) in [6.07, 6.45) is 1.49. The quantitative estimate of drug-likeness (QED) is 0.699. The first kappa shape index (κ1) is 19.4. The molecule has 0 bridgehead atoms. The van der Waals surface area contributed by atoms with Gasteiger partial charge in [0.25, 0.3) is 5.91 Å². The highest BCUT2D eigenvalue weighted by atomic mass is 35.5. The molecular weight excluding hydrogens is 395 g/mol. The van der Waals surface area contributed by atoms with E-state index in [-0.39, 0.29) is 11.7 Å². The molecule has 1 N–H and O–H groups in total. The van der Waals surface area contributed by atoms with E-state index in [1.165, 1.54) is 12.3 Å². The third kappa shape index (κ3) is 4.11. The second-order valence-corrected chi connectivity index (χ2v) is 7.19. The summed E-state index contributed by atoms with van der Waals surface area (Å²) in [5.41, 5.74) is 2.73. The molecule has 6 nitrogen and oxygen atoms in total. The Labute approximate surface area is 172 Å². The number of ether oxygens (including phenoxy) is 1. The molecule has 1 aliphatic heterocycles. The zero-order chi connectivity index (χ0) is 20.4. The van der Waals surface area contributed by atoms with E-state index >= 15 is 0 Å². The summed E-state index contributed by atoms with van der Waals surface area (Å²) in [4.78, 5) is 14.6. The van der Waals surface area contributed by atoms with Gasteiger partial charge in [0.15, 0.2) is 0 Å². The van der Waals surface area contributed by atoms with Crippen molar-refractivity contribution in [3.63, 3.8) is 0 Å². The third-order valence-electron chi connectivity index (χ3n) is 4.86. The van der Waals surface area contributed by atoms with Gasteiger partial charge in [-0.3, -0.25) is 4.79 Å². The number of nitrogens with one attached hydrogen (secondary N) is 1. The Morgan fingerprint density at radius 3 is 2.72 bits per heavy atom. The number of carbonyl (C=O) groups excluding carboxylic acids is 1. The van der Waals surface area contributed by atoms with Crippen LogP contribution >= 0.6 is 11.6 Å². The molecule has 150 valence electrons. The van der Waals surface area contributed by atoms with Crippen LogP contribution in [0.25, 0.3) is 5.69 Å². The highest BCUT2D eigenvalue weighted by Crippen LogP contribution is 2.25. The molecule has 0 spiro atoms. The summed E-state index contributed by atoms with van der Waals surface area (Å²) in [6.45, 7) is 4.24. The monoisotopic (exact) mass is 414 g/mol. The van der Waals surface area contributed by atoms with Gasteiger partial charge in [0.2, 0.25) is 0 Å². The van der Waals surface area contributed by atoms with Gasteiger partial charge in [0.1, 0.15) is 5.82 Å². The maximum absolute atomic E-state index is 14.6. The second-order valence-electron chi connectivity index (χ2n) is 6.76. The number of benzene rings is 2. The molecule has 8 heteroatoms. The fourth-order valence-corrected chi connectivity index (χ4v) is 3.53. The lowest BCUT2D eigenvalue weighted by molar-refractivity contribution is 0.102. The SMILES string of the molecule is Cc1c(C(=O)Nc2ccc(N3CCOCC3)c(F)c2)cnn1-c1cccc(Cl)c1. The summed E-state index contributed by atoms with van der Waals surface area (Å²) < 4.78 is 21.5. The predicted molar refractivity (Wildman–Crippen MR) is 111 cm³/mol. The van der Waals surface area contributed by atoms with E-state index in [4.69, 9.17) is 16.3 Å². The number of anilines is 2. The molecule has 0 aliphatic carbocycles. The molecule has 1 aromatic heterocycles. The van der Waals surface area contributed by atoms with Crippen molar-refractivity contribution in [3.8, 4) is 5.69 Å². The predicted octanol–water partition coefficient (Wildman–Crippen LogP) is 4.06. The van der Waals surface area contributed by atoms with Crippen LogP contribution in [0.4, 0.5) is 15.8 Å². The summed E-state index contributed by atoms with van der Waals surface area (Å²) in [5, 5.41) is 7.61. The molecule has 3 aromatic rings. The van der Waals surface area contributed by atoms with Crippen LogP contribution < -0.4 is 10.2 Å². The van der Waals surface area contributed by atoms with Crippen LogP contribution in [0.5, 0.6) is 0 Å². The lowest BCUT2D eigenvalue weighted by atomic mass is 10.2. The van der Waals surface area contributed by atoms with Crippen LogP contribution in [0.15, 0.2) is 48.7 Å². The van der Waals surface area contributed by atoms with Gasteiger partial charge in [-0.05, 0) is 43.3 Å². The molecule has 1 fully saturated rings. The van der Waals surface area contributed by atoms with E-state index in [9.17, 15) is 9.18 Å². The second kappa shape index (κ2) is 8.23. The number of hydrogen-bond acceptors (Lipinski definition) is 4. The Morgan fingerprint density at radius 2 is 2.00 bits per heavy atom. The minimum absolute atomic E-state index is 0.352. The molecule has 4 rings (SSSR count). The van der Waals surface area contributed by atoms with E-state index in [1.54, 1.807) is 35.9 Å². The number of nitrogens with zero attached hydrogens (tertiary/aromatic N) is 3. The first-order valence-electron chi connectivity index (χ1n) is 9.27. The number of amides is 1. The fourth-order valence-electron chi connectivity index (χ4n) is 3.34. The molecule has 0 unspecified atom stereocenters. The van der Waals surface area contributed by atoms with Crippen LogP contribution in [-0.2, 0) is 4.74 Å². The van der Waals surface area contributed by atoms with Crippen molar-refractivity contribution in [2.75, 3.05) is 36.5 Å². The zero-order valence-electron chi connectivity index (χ0n) is 15.9. The van der Waals surface area contributed by atoms with E-state index in [0.717, 1.165) is 5.69 Å². The number of morpholine rings is 1. The number of aromatic nitrogens is 2. The largest absolute Gasteiger partial charge is 0.378 e. The van der Waals surface area contributed by atoms with Crippen LogP contribution in [0.3, 0.4) is 0 Å². The summed E-state index contributed by atoms with van der Waals surface area (Å²) in [5.74, 6) is -0.731. The summed E-state index contributed by atoms with van der Waals surface area (Å²) in [7, 11) is 0. The minimum Gasteiger partial charge on any atom is -0.378 e. The van der Waals surface area contributed by atoms with E-state index in [1.807, 2.05) is 17.0 Å². The molecule has 1 aliphatic rings. The zero-order valence-corrected chi connectivity index (χ0v) is 16.6. The Hall–Kier alpha value is -2.90. The standard InChI is InChI=1S/C21H20ClFN4O2/c1-14-18(13-24-27(14)17-4-2-3-15(22)11-17)21(28)25-16-5-6-20(19(23)12-16)26-7-9-29-10-8-26/h2-6,11-13H,7-10H2,1H3,(H,25,28). The van der Waals surface area contributed by atoms with Gasteiger partial charge in [0, 0.05) is 23.8 Å². The molecule has 0 atom stereocenters. The first-order chi connectivity index (χ1) is 14.0. The van der Waals surface area contributed by atoms with Crippen molar-refractivity contribution in [3.05, 3.63) is 70.8 Å². The third-order valence-corrected chi connectivity index (χ3v) is 5.10. The summed E-state index contributed by atoms with van der Waals surface area (Å²) >= 11 is 6.04. The normalized spacial score (nSPS) is 14.1. The van der Waals surface area contributed by atoms with Crippen molar-refractivity contribution >= 4 is 28.9 Å². The Bertz CT molecular complexity index is 1050. The van der Waals surface area contributed by atoms with Gasteiger partial charge in [0.05, 0.1) is 42.0 Å². The van der Waals surface area contributed by atoms with Gasteiger partial charge in [-0.2, -0.15) is 5.10 Å².